The first-order valence-electron chi connectivity index (χ1n) is 5.58. The Balaban J connectivity index is 3.27. The fourth-order valence-corrected chi connectivity index (χ4v) is 1.62. The van der Waals surface area contributed by atoms with Gasteiger partial charge in [-0.3, -0.25) is 15.1 Å². The molecule has 1 unspecified atom stereocenters. The maximum atomic E-state index is 10.9. The maximum Gasteiger partial charge on any atom is 0.294 e. The fourth-order valence-electron chi connectivity index (χ4n) is 1.62. The van der Waals surface area contributed by atoms with Crippen LogP contribution in [0.1, 0.15) is 18.9 Å². The van der Waals surface area contributed by atoms with Gasteiger partial charge in [0.1, 0.15) is 6.20 Å². The van der Waals surface area contributed by atoms with E-state index in [1.165, 1.54) is 24.5 Å². The molecule has 1 aromatic rings. The predicted molar refractivity (Wildman–Crippen MR) is 69.2 cm³/mol. The van der Waals surface area contributed by atoms with Crippen molar-refractivity contribution >= 4 is 11.3 Å². The number of hydrogen-bond acceptors (Lipinski definition) is 5. The van der Waals surface area contributed by atoms with Gasteiger partial charge in [-0.1, -0.05) is 18.1 Å². The third-order valence-corrected chi connectivity index (χ3v) is 2.50. The van der Waals surface area contributed by atoms with E-state index >= 15 is 0 Å². The van der Waals surface area contributed by atoms with Crippen LogP contribution in [-0.2, 0) is 0 Å². The summed E-state index contributed by atoms with van der Waals surface area (Å²) in [6.07, 6.45) is 4.65. The minimum absolute atomic E-state index is 0.117. The third kappa shape index (κ3) is 3.77. The van der Waals surface area contributed by atoms with Crippen LogP contribution in [0.5, 0.6) is 0 Å². The maximum absolute atomic E-state index is 10.9. The minimum atomic E-state index is -0.743. The van der Waals surface area contributed by atoms with Crippen LogP contribution in [-0.4, -0.2) is 27.7 Å². The van der Waals surface area contributed by atoms with E-state index in [-0.39, 0.29) is 12.3 Å². The summed E-state index contributed by atoms with van der Waals surface area (Å²) in [6.45, 7) is 1.47. The predicted octanol–water partition coefficient (Wildman–Crippen LogP) is 2.45. The van der Waals surface area contributed by atoms with Gasteiger partial charge in [-0.2, -0.15) is 0 Å². The molecule has 1 aromatic heterocycles. The molecule has 8 heteroatoms. The van der Waals surface area contributed by atoms with Crippen molar-refractivity contribution in [1.82, 2.24) is 4.98 Å². The second-order valence-corrected chi connectivity index (χ2v) is 3.65. The van der Waals surface area contributed by atoms with Crippen molar-refractivity contribution in [2.75, 3.05) is 6.61 Å². The van der Waals surface area contributed by atoms with E-state index in [2.05, 4.69) is 15.0 Å². The second kappa shape index (κ2) is 7.10. The highest BCUT2D eigenvalue weighted by Gasteiger charge is 2.16. The Morgan fingerprint density at radius 2 is 2.53 bits per heavy atom. The standard InChI is InChI=1S/C11H13N5O3/c1-2-8(5-9(7-17)14-15-12)10-3-4-13-6-11(10)16(18)19/h3-6,9,17H,2,7H2,1H3. The van der Waals surface area contributed by atoms with Gasteiger partial charge in [-0.05, 0) is 23.6 Å². The van der Waals surface area contributed by atoms with Gasteiger partial charge in [0, 0.05) is 11.1 Å². The lowest BCUT2D eigenvalue weighted by molar-refractivity contribution is -0.385. The number of pyridine rings is 1. The third-order valence-electron chi connectivity index (χ3n) is 2.50. The molecule has 1 atom stereocenters. The topological polar surface area (TPSA) is 125 Å². The monoisotopic (exact) mass is 263 g/mol. The molecule has 0 aliphatic carbocycles. The number of azide groups is 1. The summed E-state index contributed by atoms with van der Waals surface area (Å²) in [7, 11) is 0. The largest absolute Gasteiger partial charge is 0.396 e. The number of aliphatic hydroxyl groups excluding tert-OH is 1. The van der Waals surface area contributed by atoms with Gasteiger partial charge in [0.15, 0.2) is 0 Å². The van der Waals surface area contributed by atoms with Gasteiger partial charge in [-0.15, -0.1) is 0 Å². The number of allylic oxidation sites excluding steroid dienone is 1. The molecule has 1 rings (SSSR count). The molecule has 0 bridgehead atoms. The summed E-state index contributed by atoms with van der Waals surface area (Å²) in [5, 5.41) is 23.4. The first kappa shape index (κ1) is 14.6. The molecule has 0 aliphatic heterocycles. The van der Waals surface area contributed by atoms with Crippen LogP contribution in [0.3, 0.4) is 0 Å². The summed E-state index contributed by atoms with van der Waals surface area (Å²) in [4.78, 5) is 16.7. The van der Waals surface area contributed by atoms with Gasteiger partial charge in [0.05, 0.1) is 23.1 Å². The number of nitrogens with zero attached hydrogens (tertiary/aromatic N) is 5. The summed E-state index contributed by atoms with van der Waals surface area (Å²) in [5.41, 5.74) is 9.29. The van der Waals surface area contributed by atoms with Crippen molar-refractivity contribution in [3.05, 3.63) is 50.7 Å². The Kier molecular flexibility index (Phi) is 5.46. The Morgan fingerprint density at radius 1 is 1.79 bits per heavy atom. The molecule has 1 N–H and O–H groups in total. The van der Waals surface area contributed by atoms with Crippen molar-refractivity contribution in [1.29, 1.82) is 0 Å². The Labute approximate surface area is 109 Å². The normalized spacial score (nSPS) is 12.6. The lowest BCUT2D eigenvalue weighted by atomic mass is 10.0. The van der Waals surface area contributed by atoms with Gasteiger partial charge < -0.3 is 5.11 Å². The summed E-state index contributed by atoms with van der Waals surface area (Å²) < 4.78 is 0. The van der Waals surface area contributed by atoms with Crippen LogP contribution in [0.2, 0.25) is 0 Å². The lowest BCUT2D eigenvalue weighted by Crippen LogP contribution is -2.06. The first-order valence-corrected chi connectivity index (χ1v) is 5.58. The highest BCUT2D eigenvalue weighted by Crippen LogP contribution is 2.27. The van der Waals surface area contributed by atoms with Crippen molar-refractivity contribution in [3.8, 4) is 0 Å². The van der Waals surface area contributed by atoms with Crippen LogP contribution >= 0.6 is 0 Å². The second-order valence-electron chi connectivity index (χ2n) is 3.65. The molecule has 100 valence electrons. The number of rotatable bonds is 6. The van der Waals surface area contributed by atoms with Gasteiger partial charge in [-0.25, -0.2) is 0 Å². The number of aromatic nitrogens is 1. The zero-order chi connectivity index (χ0) is 14.3. The lowest BCUT2D eigenvalue weighted by Gasteiger charge is -2.08. The summed E-state index contributed by atoms with van der Waals surface area (Å²) in [5.74, 6) is 0. The van der Waals surface area contributed by atoms with E-state index in [0.717, 1.165) is 0 Å². The molecule has 0 aromatic carbocycles. The van der Waals surface area contributed by atoms with Crippen LogP contribution < -0.4 is 0 Å². The van der Waals surface area contributed by atoms with Gasteiger partial charge in [0.2, 0.25) is 0 Å². The average Bonchev–Trinajstić information content (AvgIpc) is 2.43. The van der Waals surface area contributed by atoms with E-state index in [4.69, 9.17) is 10.6 Å². The quantitative estimate of drug-likeness (QED) is 0.278. The van der Waals surface area contributed by atoms with Crippen LogP contribution in [0, 0.1) is 10.1 Å². The zero-order valence-electron chi connectivity index (χ0n) is 10.3. The highest BCUT2D eigenvalue weighted by atomic mass is 16.6. The Bertz CT molecular complexity index is 537. The highest BCUT2D eigenvalue weighted by molar-refractivity contribution is 5.72. The molecule has 0 fully saturated rings. The number of hydrogen-bond donors (Lipinski definition) is 1. The minimum Gasteiger partial charge on any atom is -0.396 e. The van der Waals surface area contributed by atoms with Crippen molar-refractivity contribution in [3.63, 3.8) is 0 Å². The van der Waals surface area contributed by atoms with Crippen LogP contribution in [0.4, 0.5) is 5.69 Å². The van der Waals surface area contributed by atoms with Crippen molar-refractivity contribution in [2.24, 2.45) is 5.11 Å². The number of nitro groups is 1. The molecule has 0 aliphatic rings. The summed E-state index contributed by atoms with van der Waals surface area (Å²) >= 11 is 0. The fraction of sp³-hybridized carbons (Fsp3) is 0.364. The van der Waals surface area contributed by atoms with E-state index < -0.39 is 11.0 Å². The van der Waals surface area contributed by atoms with Gasteiger partial charge in [0.25, 0.3) is 5.69 Å². The van der Waals surface area contributed by atoms with E-state index in [1.807, 2.05) is 6.92 Å². The molecule has 0 saturated heterocycles. The zero-order valence-corrected chi connectivity index (χ0v) is 10.3. The number of aliphatic hydroxyl groups is 1. The molecule has 0 radical (unpaired) electrons. The summed E-state index contributed by atoms with van der Waals surface area (Å²) in [6, 6.07) is 0.783. The Morgan fingerprint density at radius 3 is 3.05 bits per heavy atom. The smallest absolute Gasteiger partial charge is 0.294 e. The molecule has 1 heterocycles. The molecular weight excluding hydrogens is 250 g/mol. The van der Waals surface area contributed by atoms with E-state index in [9.17, 15) is 10.1 Å². The van der Waals surface area contributed by atoms with Gasteiger partial charge >= 0.3 is 0 Å². The molecular formula is C11H13N5O3. The molecule has 19 heavy (non-hydrogen) atoms. The first-order chi connectivity index (χ1) is 9.13. The Hall–Kier alpha value is -2.44. The molecule has 0 saturated carbocycles. The van der Waals surface area contributed by atoms with E-state index in [1.54, 1.807) is 0 Å². The van der Waals surface area contributed by atoms with E-state index in [0.29, 0.717) is 17.6 Å². The molecule has 0 spiro atoms. The van der Waals surface area contributed by atoms with Crippen LogP contribution in [0.15, 0.2) is 29.7 Å². The van der Waals surface area contributed by atoms with Crippen LogP contribution in [0.25, 0.3) is 16.0 Å². The van der Waals surface area contributed by atoms with Crippen molar-refractivity contribution < 1.29 is 10.0 Å². The SMILES string of the molecule is CCC(=CC(CO)N=[N+]=[N-])c1ccncc1[N+](=O)[O-]. The molecule has 0 amide bonds. The van der Waals surface area contributed by atoms with Crippen molar-refractivity contribution in [2.45, 2.75) is 19.4 Å². The molecule has 8 nitrogen and oxygen atoms in total. The average molecular weight is 263 g/mol.